The molecule has 0 fully saturated rings. The molecule has 1 unspecified atom stereocenters. The maximum absolute atomic E-state index is 12.7. The van der Waals surface area contributed by atoms with E-state index in [1.54, 1.807) is 22.7 Å². The molecule has 3 nitrogen and oxygen atoms in total. The van der Waals surface area contributed by atoms with Crippen LogP contribution in [-0.4, -0.2) is 24.5 Å². The predicted molar refractivity (Wildman–Crippen MR) is 99.6 cm³/mol. The quantitative estimate of drug-likeness (QED) is 0.681. The van der Waals surface area contributed by atoms with E-state index in [2.05, 4.69) is 41.1 Å². The van der Waals surface area contributed by atoms with E-state index < -0.39 is 0 Å². The van der Waals surface area contributed by atoms with Gasteiger partial charge in [-0.05, 0) is 45.8 Å². The number of rotatable bonds is 4. The van der Waals surface area contributed by atoms with E-state index >= 15 is 0 Å². The summed E-state index contributed by atoms with van der Waals surface area (Å²) in [6.07, 6.45) is 1.30. The first kappa shape index (κ1) is 15.8. The van der Waals surface area contributed by atoms with Gasteiger partial charge in [-0.2, -0.15) is 0 Å². The van der Waals surface area contributed by atoms with Crippen molar-refractivity contribution >= 4 is 38.7 Å². The normalized spacial score (nSPS) is 17.0. The van der Waals surface area contributed by atoms with Crippen molar-refractivity contribution in [2.45, 2.75) is 25.5 Å². The van der Waals surface area contributed by atoms with Gasteiger partial charge in [-0.3, -0.25) is 4.79 Å². The Morgan fingerprint density at radius 1 is 1.29 bits per heavy atom. The minimum atomic E-state index is -0.0806. The summed E-state index contributed by atoms with van der Waals surface area (Å²) < 4.78 is 7.12. The molecule has 124 valence electrons. The Bertz CT molecular complexity index is 867. The second-order valence-corrected chi connectivity index (χ2v) is 7.99. The molecule has 0 spiro atoms. The van der Waals surface area contributed by atoms with E-state index in [0.717, 1.165) is 6.42 Å². The predicted octanol–water partition coefficient (Wildman–Crippen LogP) is 4.63. The fraction of sp³-hybridized carbons (Fsp3) is 0.316. The lowest BCUT2D eigenvalue weighted by atomic mass is 10.0. The average molecular weight is 358 g/mol. The molecule has 4 rings (SSSR count). The van der Waals surface area contributed by atoms with Crippen molar-refractivity contribution in [2.24, 2.45) is 0 Å². The topological polar surface area (TPSA) is 29.5 Å². The van der Waals surface area contributed by atoms with Crippen LogP contribution in [0.3, 0.4) is 0 Å². The lowest BCUT2D eigenvalue weighted by Crippen LogP contribution is -2.29. The zero-order valence-electron chi connectivity index (χ0n) is 13.5. The van der Waals surface area contributed by atoms with Crippen molar-refractivity contribution in [3.05, 3.63) is 57.1 Å². The molecular weight excluding hydrogens is 338 g/mol. The summed E-state index contributed by atoms with van der Waals surface area (Å²) >= 11 is 3.43. The molecular formula is C19H19NO2S2. The first-order chi connectivity index (χ1) is 11.7. The molecule has 5 heteroatoms. The number of hydrogen-bond acceptors (Lipinski definition) is 4. The minimum absolute atomic E-state index is 0.0806. The molecule has 0 radical (unpaired) electrons. The fourth-order valence-corrected chi connectivity index (χ4v) is 5.15. The Kier molecular flexibility index (Phi) is 4.39. The molecule has 0 N–H and O–H groups in total. The van der Waals surface area contributed by atoms with Crippen molar-refractivity contribution < 1.29 is 9.53 Å². The molecule has 1 aromatic carbocycles. The monoisotopic (exact) mass is 357 g/mol. The van der Waals surface area contributed by atoms with Crippen LogP contribution in [-0.2, 0) is 22.5 Å². The summed E-state index contributed by atoms with van der Waals surface area (Å²) in [7, 11) is 1.88. The number of carbonyl (C=O) groups excluding carboxylic acids is 1. The maximum Gasteiger partial charge on any atom is 0.225 e. The highest BCUT2D eigenvalue weighted by atomic mass is 32.1. The van der Waals surface area contributed by atoms with Crippen molar-refractivity contribution in [2.75, 3.05) is 13.7 Å². The third-order valence-corrected chi connectivity index (χ3v) is 6.58. The van der Waals surface area contributed by atoms with Gasteiger partial charge in [0.05, 0.1) is 13.0 Å². The fourth-order valence-electron chi connectivity index (χ4n) is 3.19. The van der Waals surface area contributed by atoms with E-state index in [1.807, 2.05) is 11.9 Å². The molecule has 0 saturated heterocycles. The highest BCUT2D eigenvalue weighted by Crippen LogP contribution is 2.34. The molecule has 1 atom stereocenters. The van der Waals surface area contributed by atoms with E-state index in [1.165, 1.54) is 26.1 Å². The summed E-state index contributed by atoms with van der Waals surface area (Å²) in [6, 6.07) is 10.5. The van der Waals surface area contributed by atoms with Crippen molar-refractivity contribution in [3.63, 3.8) is 0 Å². The second kappa shape index (κ2) is 6.67. The zero-order chi connectivity index (χ0) is 16.5. The van der Waals surface area contributed by atoms with E-state index in [-0.39, 0.29) is 12.0 Å². The van der Waals surface area contributed by atoms with Crippen LogP contribution in [0, 0.1) is 0 Å². The SMILES string of the molecule is CN(Cc1csc2ccccc12)C(=O)CC1OCCc2ccsc21. The molecule has 3 heterocycles. The molecule has 1 aliphatic heterocycles. The average Bonchev–Trinajstić information content (AvgIpc) is 3.23. The first-order valence-electron chi connectivity index (χ1n) is 8.09. The minimum Gasteiger partial charge on any atom is -0.372 e. The van der Waals surface area contributed by atoms with Gasteiger partial charge in [0.15, 0.2) is 0 Å². The van der Waals surface area contributed by atoms with Gasteiger partial charge >= 0.3 is 0 Å². The number of thiophene rings is 2. The van der Waals surface area contributed by atoms with Gasteiger partial charge in [0, 0.05) is 23.2 Å². The highest BCUT2D eigenvalue weighted by Gasteiger charge is 2.26. The summed E-state index contributed by atoms with van der Waals surface area (Å²) in [5, 5.41) is 5.50. The molecule has 0 bridgehead atoms. The van der Waals surface area contributed by atoms with Gasteiger partial charge in [-0.15, -0.1) is 22.7 Å². The summed E-state index contributed by atoms with van der Waals surface area (Å²) in [6.45, 7) is 1.35. The molecule has 0 saturated carbocycles. The molecule has 24 heavy (non-hydrogen) atoms. The standard InChI is InChI=1S/C19H19NO2S2/c1-20(11-14-12-24-17-5-3-2-4-15(14)17)18(21)10-16-19-13(6-8-22-16)7-9-23-19/h2-5,7,9,12,16H,6,8,10-11H2,1H3. The number of nitrogens with zero attached hydrogens (tertiary/aromatic N) is 1. The van der Waals surface area contributed by atoms with E-state index in [0.29, 0.717) is 19.6 Å². The molecule has 3 aromatic rings. The number of fused-ring (bicyclic) bond motifs is 2. The van der Waals surface area contributed by atoms with Crippen LogP contribution in [0.5, 0.6) is 0 Å². The van der Waals surface area contributed by atoms with Gasteiger partial charge in [-0.1, -0.05) is 18.2 Å². The van der Waals surface area contributed by atoms with Gasteiger partial charge in [0.1, 0.15) is 6.10 Å². The van der Waals surface area contributed by atoms with E-state index in [9.17, 15) is 4.79 Å². The number of hydrogen-bond donors (Lipinski definition) is 0. The first-order valence-corrected chi connectivity index (χ1v) is 9.85. The molecule has 1 aliphatic rings. The van der Waals surface area contributed by atoms with Crippen LogP contribution in [0.4, 0.5) is 0 Å². The van der Waals surface area contributed by atoms with Crippen LogP contribution in [0.2, 0.25) is 0 Å². The smallest absolute Gasteiger partial charge is 0.225 e. The Labute approximate surface area is 149 Å². The van der Waals surface area contributed by atoms with Crippen LogP contribution in [0.1, 0.15) is 28.5 Å². The number of benzene rings is 1. The highest BCUT2D eigenvalue weighted by molar-refractivity contribution is 7.17. The van der Waals surface area contributed by atoms with Crippen molar-refractivity contribution in [1.29, 1.82) is 0 Å². The van der Waals surface area contributed by atoms with Gasteiger partial charge in [0.25, 0.3) is 0 Å². The van der Waals surface area contributed by atoms with Crippen LogP contribution in [0.15, 0.2) is 41.1 Å². The van der Waals surface area contributed by atoms with E-state index in [4.69, 9.17) is 4.74 Å². The maximum atomic E-state index is 12.7. The van der Waals surface area contributed by atoms with Crippen LogP contribution in [0.25, 0.3) is 10.1 Å². The van der Waals surface area contributed by atoms with Crippen molar-refractivity contribution in [1.82, 2.24) is 4.90 Å². The summed E-state index contributed by atoms with van der Waals surface area (Å²) in [5.74, 6) is 0.136. The van der Waals surface area contributed by atoms with Crippen LogP contribution >= 0.6 is 22.7 Å². The van der Waals surface area contributed by atoms with Crippen molar-refractivity contribution in [3.8, 4) is 0 Å². The summed E-state index contributed by atoms with van der Waals surface area (Å²) in [5.41, 5.74) is 2.56. The lowest BCUT2D eigenvalue weighted by molar-refractivity contribution is -0.133. The van der Waals surface area contributed by atoms with Crippen LogP contribution < -0.4 is 0 Å². The third-order valence-electron chi connectivity index (χ3n) is 4.52. The Morgan fingerprint density at radius 3 is 3.08 bits per heavy atom. The lowest BCUT2D eigenvalue weighted by Gasteiger charge is -2.25. The number of carbonyl (C=O) groups is 1. The Balaban J connectivity index is 1.45. The van der Waals surface area contributed by atoms with Gasteiger partial charge in [0.2, 0.25) is 5.91 Å². The Morgan fingerprint density at radius 2 is 2.17 bits per heavy atom. The molecule has 2 aromatic heterocycles. The Hall–Kier alpha value is -1.69. The number of amides is 1. The molecule has 0 aliphatic carbocycles. The van der Waals surface area contributed by atoms with Gasteiger partial charge < -0.3 is 9.64 Å². The van der Waals surface area contributed by atoms with Gasteiger partial charge in [-0.25, -0.2) is 0 Å². The third kappa shape index (κ3) is 2.99. The number of ether oxygens (including phenoxy) is 1. The zero-order valence-corrected chi connectivity index (χ0v) is 15.2. The second-order valence-electron chi connectivity index (χ2n) is 6.13. The molecule has 1 amide bonds. The summed E-state index contributed by atoms with van der Waals surface area (Å²) in [4.78, 5) is 15.7. The largest absolute Gasteiger partial charge is 0.372 e.